The summed E-state index contributed by atoms with van der Waals surface area (Å²) in [6, 6.07) is 10.1. The molecule has 1 aliphatic rings. The third-order valence-electron chi connectivity index (χ3n) is 5.34. The van der Waals surface area contributed by atoms with Crippen LogP contribution in [0.2, 0.25) is 0 Å². The van der Waals surface area contributed by atoms with Crippen LogP contribution in [0.3, 0.4) is 0 Å². The van der Waals surface area contributed by atoms with Gasteiger partial charge in [0.2, 0.25) is 0 Å². The summed E-state index contributed by atoms with van der Waals surface area (Å²) >= 11 is 1.25. The molecule has 0 bridgehead atoms. The predicted molar refractivity (Wildman–Crippen MR) is 122 cm³/mol. The molecule has 1 N–H and O–H groups in total. The van der Waals surface area contributed by atoms with Crippen LogP contribution in [0.15, 0.2) is 59.5 Å². The van der Waals surface area contributed by atoms with Crippen molar-refractivity contribution < 1.29 is 28.2 Å². The van der Waals surface area contributed by atoms with Crippen molar-refractivity contribution in [3.63, 3.8) is 0 Å². The highest BCUT2D eigenvalue weighted by molar-refractivity contribution is 7.10. The number of halogens is 2. The van der Waals surface area contributed by atoms with Gasteiger partial charge in [0.25, 0.3) is 11.7 Å². The second-order valence-corrected chi connectivity index (χ2v) is 8.59. The highest BCUT2D eigenvalue weighted by atomic mass is 32.1. The summed E-state index contributed by atoms with van der Waals surface area (Å²) in [5.74, 6) is -3.45. The molecular formula is C25H21F2NO4S. The first-order valence-corrected chi connectivity index (χ1v) is 11.2. The van der Waals surface area contributed by atoms with Crippen molar-refractivity contribution in [2.24, 2.45) is 0 Å². The number of aliphatic hydroxyl groups excluding tert-OH is 1. The number of aliphatic hydroxyl groups is 1. The summed E-state index contributed by atoms with van der Waals surface area (Å²) < 4.78 is 33.8. The van der Waals surface area contributed by atoms with E-state index in [4.69, 9.17) is 4.74 Å². The Morgan fingerprint density at radius 3 is 2.58 bits per heavy atom. The molecule has 1 atom stereocenters. The monoisotopic (exact) mass is 469 g/mol. The van der Waals surface area contributed by atoms with Crippen LogP contribution in [-0.4, -0.2) is 23.4 Å². The maximum atomic E-state index is 14.6. The highest BCUT2D eigenvalue weighted by Gasteiger charge is 2.48. The largest absolute Gasteiger partial charge is 0.507 e. The van der Waals surface area contributed by atoms with E-state index in [1.54, 1.807) is 35.7 Å². The Kier molecular flexibility index (Phi) is 6.29. The van der Waals surface area contributed by atoms with Crippen molar-refractivity contribution in [2.45, 2.75) is 26.3 Å². The number of ketones is 1. The number of rotatable bonds is 6. The number of Topliss-reactive ketones (excluding diaryl/α,β-unsaturated/α-hetero) is 1. The average molecular weight is 470 g/mol. The Morgan fingerprint density at radius 2 is 1.94 bits per heavy atom. The summed E-state index contributed by atoms with van der Waals surface area (Å²) in [7, 11) is 0. The summed E-state index contributed by atoms with van der Waals surface area (Å²) in [6.45, 7) is 4.34. The molecule has 0 spiro atoms. The Hall–Kier alpha value is -3.52. The lowest BCUT2D eigenvalue weighted by molar-refractivity contribution is -0.132. The van der Waals surface area contributed by atoms with Crippen LogP contribution in [-0.2, 0) is 9.59 Å². The number of nitrogens with zero attached hydrogens (tertiary/aromatic N) is 1. The van der Waals surface area contributed by atoms with E-state index in [1.807, 2.05) is 13.8 Å². The second-order valence-electron chi connectivity index (χ2n) is 7.61. The maximum Gasteiger partial charge on any atom is 0.300 e. The molecule has 33 heavy (non-hydrogen) atoms. The van der Waals surface area contributed by atoms with Crippen LogP contribution in [0.25, 0.3) is 5.76 Å². The number of hydrogen-bond acceptors (Lipinski definition) is 5. The Morgan fingerprint density at radius 1 is 1.15 bits per heavy atom. The fourth-order valence-corrected chi connectivity index (χ4v) is 4.62. The zero-order chi connectivity index (χ0) is 23.7. The van der Waals surface area contributed by atoms with E-state index in [-0.39, 0.29) is 17.0 Å². The minimum absolute atomic E-state index is 0.159. The van der Waals surface area contributed by atoms with Gasteiger partial charge in [0.15, 0.2) is 0 Å². The van der Waals surface area contributed by atoms with E-state index in [9.17, 15) is 23.5 Å². The van der Waals surface area contributed by atoms with Crippen LogP contribution < -0.4 is 9.64 Å². The van der Waals surface area contributed by atoms with Crippen LogP contribution in [0, 0.1) is 18.6 Å². The molecule has 1 fully saturated rings. The molecular weight excluding hydrogens is 448 g/mol. The molecule has 3 aromatic rings. The summed E-state index contributed by atoms with van der Waals surface area (Å²) in [5.41, 5.74) is 0.678. The van der Waals surface area contributed by atoms with Gasteiger partial charge in [-0.05, 0) is 60.7 Å². The zero-order valence-corrected chi connectivity index (χ0v) is 18.8. The Balaban J connectivity index is 1.86. The maximum absolute atomic E-state index is 14.6. The molecule has 170 valence electrons. The van der Waals surface area contributed by atoms with Crippen LogP contribution in [0.5, 0.6) is 5.75 Å². The number of benzene rings is 2. The molecule has 1 aliphatic heterocycles. The smallest absolute Gasteiger partial charge is 0.300 e. The van der Waals surface area contributed by atoms with Gasteiger partial charge in [-0.1, -0.05) is 13.0 Å². The van der Waals surface area contributed by atoms with Crippen molar-refractivity contribution in [3.8, 4) is 5.75 Å². The number of carbonyl (C=O) groups is 2. The molecule has 1 aromatic heterocycles. The molecule has 1 unspecified atom stereocenters. The molecule has 2 aromatic carbocycles. The van der Waals surface area contributed by atoms with Gasteiger partial charge in [-0.2, -0.15) is 0 Å². The molecule has 0 saturated carbocycles. The Labute approximate surface area is 193 Å². The Bertz CT molecular complexity index is 1250. The van der Waals surface area contributed by atoms with Crippen molar-refractivity contribution >= 4 is 34.5 Å². The molecule has 5 nitrogen and oxygen atoms in total. The van der Waals surface area contributed by atoms with E-state index in [1.165, 1.54) is 11.3 Å². The molecule has 1 amide bonds. The lowest BCUT2D eigenvalue weighted by atomic mass is 9.98. The number of thiophene rings is 1. The summed E-state index contributed by atoms with van der Waals surface area (Å²) in [4.78, 5) is 27.6. The third kappa shape index (κ3) is 4.14. The number of amides is 1. The number of carbonyl (C=O) groups excluding carboxylic acids is 2. The fraction of sp³-hybridized carbons (Fsp3) is 0.200. The van der Waals surface area contributed by atoms with Crippen LogP contribution in [0.4, 0.5) is 14.5 Å². The van der Waals surface area contributed by atoms with Gasteiger partial charge in [0, 0.05) is 16.5 Å². The van der Waals surface area contributed by atoms with Gasteiger partial charge in [-0.15, -0.1) is 11.3 Å². The quantitative estimate of drug-likeness (QED) is 0.284. The summed E-state index contributed by atoms with van der Waals surface area (Å²) in [5, 5.41) is 12.9. The van der Waals surface area contributed by atoms with E-state index in [0.717, 1.165) is 29.0 Å². The SMILES string of the molecule is CCCOc1ccc(/C(O)=C2/C(=O)C(=O)N(c3ccc(F)cc3F)C2c2cccs2)cc1C. The third-order valence-corrected chi connectivity index (χ3v) is 6.26. The second kappa shape index (κ2) is 9.15. The molecule has 4 rings (SSSR count). The lowest BCUT2D eigenvalue weighted by Gasteiger charge is -2.24. The number of ether oxygens (including phenoxy) is 1. The van der Waals surface area contributed by atoms with Crippen molar-refractivity contribution in [2.75, 3.05) is 11.5 Å². The minimum Gasteiger partial charge on any atom is -0.507 e. The zero-order valence-electron chi connectivity index (χ0n) is 18.0. The first kappa shape index (κ1) is 22.7. The molecule has 8 heteroatoms. The molecule has 1 saturated heterocycles. The summed E-state index contributed by atoms with van der Waals surface area (Å²) in [6.07, 6.45) is 0.839. The topological polar surface area (TPSA) is 66.8 Å². The standard InChI is InChI=1S/C25H21F2NO4S/c1-3-10-32-19-9-6-15(12-14(19)2)23(29)21-22(20-5-4-11-33-20)28(25(31)24(21)30)18-8-7-16(26)13-17(18)27/h4-9,11-13,22,29H,3,10H2,1-2H3/b23-21-. The van der Waals surface area contributed by atoms with Crippen molar-refractivity contribution in [3.05, 3.63) is 87.1 Å². The predicted octanol–water partition coefficient (Wildman–Crippen LogP) is 5.75. The lowest BCUT2D eigenvalue weighted by Crippen LogP contribution is -2.30. The minimum atomic E-state index is -1.05. The van der Waals surface area contributed by atoms with Gasteiger partial charge in [-0.3, -0.25) is 14.5 Å². The van der Waals surface area contributed by atoms with Gasteiger partial charge >= 0.3 is 0 Å². The van der Waals surface area contributed by atoms with E-state index >= 15 is 0 Å². The van der Waals surface area contributed by atoms with Crippen molar-refractivity contribution in [1.82, 2.24) is 0 Å². The first-order valence-electron chi connectivity index (χ1n) is 10.4. The van der Waals surface area contributed by atoms with Crippen LogP contribution >= 0.6 is 11.3 Å². The first-order chi connectivity index (χ1) is 15.8. The van der Waals surface area contributed by atoms with E-state index in [0.29, 0.717) is 28.9 Å². The molecule has 0 radical (unpaired) electrons. The number of aryl methyl sites for hydroxylation is 1. The number of anilines is 1. The fourth-order valence-electron chi connectivity index (χ4n) is 3.80. The van der Waals surface area contributed by atoms with Crippen molar-refractivity contribution in [1.29, 1.82) is 0 Å². The molecule has 2 heterocycles. The van der Waals surface area contributed by atoms with Gasteiger partial charge in [-0.25, -0.2) is 8.78 Å². The van der Waals surface area contributed by atoms with Crippen LogP contribution in [0.1, 0.15) is 35.4 Å². The van der Waals surface area contributed by atoms with E-state index in [2.05, 4.69) is 0 Å². The number of hydrogen-bond donors (Lipinski definition) is 1. The van der Waals surface area contributed by atoms with Gasteiger partial charge in [0.1, 0.15) is 29.2 Å². The highest BCUT2D eigenvalue weighted by Crippen LogP contribution is 2.44. The van der Waals surface area contributed by atoms with Gasteiger partial charge in [0.05, 0.1) is 17.9 Å². The normalized spacial score (nSPS) is 17.6. The van der Waals surface area contributed by atoms with E-state index < -0.39 is 29.4 Å². The van der Waals surface area contributed by atoms with Gasteiger partial charge < -0.3 is 9.84 Å². The molecule has 0 aliphatic carbocycles. The average Bonchev–Trinajstić information content (AvgIpc) is 3.40.